The minimum absolute atomic E-state index is 0.837. The highest BCUT2D eigenvalue weighted by molar-refractivity contribution is 9.10. The number of halogens is 1. The van der Waals surface area contributed by atoms with Crippen LogP contribution in [-0.2, 0) is 12.8 Å². The molecular weight excluding hydrogens is 298 g/mol. The number of likely N-dealkylation sites (tertiary alicyclic amines) is 1. The van der Waals surface area contributed by atoms with Crippen molar-refractivity contribution in [1.82, 2.24) is 4.90 Å². The lowest BCUT2D eigenvalue weighted by Crippen LogP contribution is -2.32. The Kier molecular flexibility index (Phi) is 5.90. The van der Waals surface area contributed by atoms with Crippen LogP contribution in [0, 0.1) is 0 Å². The van der Waals surface area contributed by atoms with Gasteiger partial charge in [-0.3, -0.25) is 0 Å². The average molecular weight is 324 g/mol. The Morgan fingerprint density at radius 3 is 2.32 bits per heavy atom. The topological polar surface area (TPSA) is 3.24 Å². The number of aryl methyl sites for hydroxylation is 2. The van der Waals surface area contributed by atoms with E-state index in [0.717, 1.165) is 6.04 Å². The van der Waals surface area contributed by atoms with E-state index in [9.17, 15) is 0 Å². The molecule has 0 N–H and O–H groups in total. The molecule has 0 saturated carbocycles. The Hall–Kier alpha value is -0.340. The fourth-order valence-electron chi connectivity index (χ4n) is 3.33. The van der Waals surface area contributed by atoms with Crippen molar-refractivity contribution in [1.29, 1.82) is 0 Å². The van der Waals surface area contributed by atoms with Gasteiger partial charge in [0.1, 0.15) is 0 Å². The molecule has 1 aromatic carbocycles. The Balaban J connectivity index is 0.000000637. The van der Waals surface area contributed by atoms with Crippen LogP contribution in [0.5, 0.6) is 0 Å². The molecule has 0 amide bonds. The quantitative estimate of drug-likeness (QED) is 0.670. The van der Waals surface area contributed by atoms with Crippen molar-refractivity contribution in [3.8, 4) is 0 Å². The third-order valence-electron chi connectivity index (χ3n) is 4.32. The summed E-state index contributed by atoms with van der Waals surface area (Å²) in [5.41, 5.74) is 3.15. The predicted octanol–water partition coefficient (Wildman–Crippen LogP) is 4.82. The van der Waals surface area contributed by atoms with Crippen LogP contribution >= 0.6 is 15.9 Å². The van der Waals surface area contributed by atoms with Crippen LogP contribution < -0.4 is 0 Å². The molecule has 0 bridgehead atoms. The molecule has 1 saturated heterocycles. The van der Waals surface area contributed by atoms with Gasteiger partial charge < -0.3 is 4.90 Å². The van der Waals surface area contributed by atoms with E-state index in [-0.39, 0.29) is 0 Å². The van der Waals surface area contributed by atoms with E-state index in [1.54, 1.807) is 11.1 Å². The second kappa shape index (κ2) is 7.44. The second-order valence-electron chi connectivity index (χ2n) is 5.39. The van der Waals surface area contributed by atoms with Crippen LogP contribution in [0.3, 0.4) is 0 Å². The molecule has 1 unspecified atom stereocenters. The maximum Gasteiger partial charge on any atom is 0.0178 e. The van der Waals surface area contributed by atoms with Crippen LogP contribution in [0.2, 0.25) is 0 Å². The monoisotopic (exact) mass is 323 g/mol. The van der Waals surface area contributed by atoms with Crippen molar-refractivity contribution in [2.75, 3.05) is 13.1 Å². The molecule has 1 aromatic rings. The third kappa shape index (κ3) is 3.82. The molecular formula is C17H26BrN. The zero-order valence-corrected chi connectivity index (χ0v) is 13.9. The normalized spacial score (nSPS) is 23.2. The van der Waals surface area contributed by atoms with E-state index in [2.05, 4.69) is 39.0 Å². The van der Waals surface area contributed by atoms with Crippen LogP contribution in [0.4, 0.5) is 0 Å². The van der Waals surface area contributed by atoms with Crippen LogP contribution in [0.15, 0.2) is 22.7 Å². The van der Waals surface area contributed by atoms with E-state index < -0.39 is 0 Å². The van der Waals surface area contributed by atoms with Gasteiger partial charge in [-0.2, -0.15) is 0 Å². The number of rotatable bonds is 1. The van der Waals surface area contributed by atoms with Crippen molar-refractivity contribution >= 4 is 15.9 Å². The number of nitrogens with zero attached hydrogens (tertiary/aromatic N) is 1. The first-order valence-corrected chi connectivity index (χ1v) is 8.63. The number of hydrogen-bond donors (Lipinski definition) is 0. The Labute approximate surface area is 126 Å². The highest BCUT2D eigenvalue weighted by Gasteiger charge is 2.24. The molecule has 106 valence electrons. The summed E-state index contributed by atoms with van der Waals surface area (Å²) < 4.78 is 1.23. The van der Waals surface area contributed by atoms with Gasteiger partial charge in [-0.25, -0.2) is 0 Å². The van der Waals surface area contributed by atoms with Gasteiger partial charge in [0.25, 0.3) is 0 Å². The Morgan fingerprint density at radius 1 is 1.00 bits per heavy atom. The van der Waals surface area contributed by atoms with Crippen molar-refractivity contribution < 1.29 is 0 Å². The molecule has 1 heterocycles. The Morgan fingerprint density at radius 2 is 1.63 bits per heavy atom. The SMILES string of the molecule is Brc1ccc2c(c1)CCC(N1CCCC1)CC2.CC. The molecule has 1 aliphatic carbocycles. The smallest absolute Gasteiger partial charge is 0.0178 e. The van der Waals surface area contributed by atoms with E-state index in [0.29, 0.717) is 0 Å². The van der Waals surface area contributed by atoms with Gasteiger partial charge in [0.2, 0.25) is 0 Å². The lowest BCUT2D eigenvalue weighted by Gasteiger charge is -2.25. The molecule has 2 aliphatic rings. The van der Waals surface area contributed by atoms with E-state index >= 15 is 0 Å². The zero-order chi connectivity index (χ0) is 13.7. The summed E-state index contributed by atoms with van der Waals surface area (Å²) >= 11 is 3.59. The lowest BCUT2D eigenvalue weighted by atomic mass is 10.0. The highest BCUT2D eigenvalue weighted by atomic mass is 79.9. The fraction of sp³-hybridized carbons (Fsp3) is 0.647. The average Bonchev–Trinajstić information content (AvgIpc) is 2.89. The summed E-state index contributed by atoms with van der Waals surface area (Å²) in [5.74, 6) is 0. The maximum atomic E-state index is 3.59. The standard InChI is InChI=1S/C15H20BrN.C2H6/c16-14-6-3-12-4-7-15(8-5-13(12)11-14)17-9-1-2-10-17;1-2/h3,6,11,15H,1-2,4-5,7-10H2;1-2H3. The zero-order valence-electron chi connectivity index (χ0n) is 12.3. The van der Waals surface area contributed by atoms with Crippen LogP contribution in [0.25, 0.3) is 0 Å². The maximum absolute atomic E-state index is 3.59. The van der Waals surface area contributed by atoms with Crippen molar-refractivity contribution in [3.05, 3.63) is 33.8 Å². The molecule has 3 rings (SSSR count). The molecule has 2 heteroatoms. The van der Waals surface area contributed by atoms with Crippen LogP contribution in [-0.4, -0.2) is 24.0 Å². The second-order valence-corrected chi connectivity index (χ2v) is 6.30. The summed E-state index contributed by atoms with van der Waals surface area (Å²) in [6, 6.07) is 7.66. The van der Waals surface area contributed by atoms with E-state index in [1.165, 1.54) is 56.1 Å². The molecule has 1 fully saturated rings. The third-order valence-corrected chi connectivity index (χ3v) is 4.81. The van der Waals surface area contributed by atoms with E-state index in [1.807, 2.05) is 13.8 Å². The van der Waals surface area contributed by atoms with Crippen molar-refractivity contribution in [3.63, 3.8) is 0 Å². The molecule has 0 aromatic heterocycles. The van der Waals surface area contributed by atoms with Gasteiger partial charge in [-0.1, -0.05) is 35.8 Å². The van der Waals surface area contributed by atoms with Crippen LogP contribution in [0.1, 0.15) is 50.7 Å². The minimum atomic E-state index is 0.837. The molecule has 0 spiro atoms. The summed E-state index contributed by atoms with van der Waals surface area (Å²) in [6.07, 6.45) is 8.06. The number of fused-ring (bicyclic) bond motifs is 1. The highest BCUT2D eigenvalue weighted by Crippen LogP contribution is 2.27. The van der Waals surface area contributed by atoms with Gasteiger partial charge in [-0.15, -0.1) is 0 Å². The summed E-state index contributed by atoms with van der Waals surface area (Å²) in [5, 5.41) is 0. The van der Waals surface area contributed by atoms with Crippen molar-refractivity contribution in [2.24, 2.45) is 0 Å². The predicted molar refractivity (Wildman–Crippen MR) is 86.7 cm³/mol. The number of hydrogen-bond acceptors (Lipinski definition) is 1. The molecule has 1 atom stereocenters. The fourth-order valence-corrected chi connectivity index (χ4v) is 3.74. The summed E-state index contributed by atoms with van der Waals surface area (Å²) in [4.78, 5) is 2.72. The van der Waals surface area contributed by atoms with Gasteiger partial charge in [0.15, 0.2) is 0 Å². The molecule has 1 nitrogen and oxygen atoms in total. The molecule has 19 heavy (non-hydrogen) atoms. The first kappa shape index (κ1) is 15.1. The summed E-state index contributed by atoms with van der Waals surface area (Å²) in [6.45, 7) is 6.68. The first-order chi connectivity index (χ1) is 9.33. The van der Waals surface area contributed by atoms with Gasteiger partial charge in [0, 0.05) is 10.5 Å². The molecule has 0 radical (unpaired) electrons. The van der Waals surface area contributed by atoms with Gasteiger partial charge in [-0.05, 0) is 74.9 Å². The van der Waals surface area contributed by atoms with Crippen molar-refractivity contribution in [2.45, 2.75) is 58.4 Å². The Bertz CT molecular complexity index is 396. The minimum Gasteiger partial charge on any atom is -0.300 e. The van der Waals surface area contributed by atoms with Gasteiger partial charge >= 0.3 is 0 Å². The largest absolute Gasteiger partial charge is 0.300 e. The lowest BCUT2D eigenvalue weighted by molar-refractivity contribution is 0.222. The van der Waals surface area contributed by atoms with Gasteiger partial charge in [0.05, 0.1) is 0 Å². The summed E-state index contributed by atoms with van der Waals surface area (Å²) in [7, 11) is 0. The molecule has 1 aliphatic heterocycles. The van der Waals surface area contributed by atoms with E-state index in [4.69, 9.17) is 0 Å². The first-order valence-electron chi connectivity index (χ1n) is 7.84. The number of benzene rings is 1.